The van der Waals surface area contributed by atoms with Gasteiger partial charge in [-0.3, -0.25) is 0 Å². The summed E-state index contributed by atoms with van der Waals surface area (Å²) < 4.78 is 0. The van der Waals surface area contributed by atoms with Crippen molar-refractivity contribution in [1.82, 2.24) is 0 Å². The van der Waals surface area contributed by atoms with Crippen molar-refractivity contribution < 1.29 is 10.2 Å². The van der Waals surface area contributed by atoms with E-state index in [4.69, 9.17) is 0 Å². The Hall–Kier alpha value is -3.62. The number of phenolic OH excluding ortho intramolecular Hbond substituents is 2. The molecule has 0 fully saturated rings. The van der Waals surface area contributed by atoms with Crippen molar-refractivity contribution >= 4 is 46.3 Å². The minimum atomic E-state index is 0.110. The van der Waals surface area contributed by atoms with E-state index in [1.807, 2.05) is 74.5 Å². The molecule has 0 aromatic heterocycles. The second-order valence-electron chi connectivity index (χ2n) is 8.02. The lowest BCUT2D eigenvalue weighted by Crippen LogP contribution is -1.85. The summed E-state index contributed by atoms with van der Waals surface area (Å²) in [5.74, 6) is 1.94. The van der Waals surface area contributed by atoms with Crippen LogP contribution < -0.4 is 0 Å². The van der Waals surface area contributed by atoms with E-state index in [0.29, 0.717) is 11.4 Å². The van der Waals surface area contributed by atoms with Crippen LogP contribution in [-0.4, -0.2) is 21.7 Å². The quantitative estimate of drug-likeness (QED) is 0.132. The van der Waals surface area contributed by atoms with Gasteiger partial charge in [-0.05, 0) is 73.5 Å². The summed E-state index contributed by atoms with van der Waals surface area (Å²) in [7, 11) is 0. The Morgan fingerprint density at radius 1 is 0.528 bits per heavy atom. The topological polar surface area (TPSA) is 89.9 Å². The molecule has 0 radical (unpaired) electrons. The first-order valence-corrected chi connectivity index (χ1v) is 13.3. The fraction of sp³-hybridized carbons (Fsp3) is 0.143. The molecule has 182 valence electrons. The highest BCUT2D eigenvalue weighted by Gasteiger charge is 2.06. The molecule has 0 aliphatic rings. The Morgan fingerprint density at radius 2 is 0.917 bits per heavy atom. The maximum Gasteiger partial charge on any atom is 0.143 e. The first-order valence-electron chi connectivity index (χ1n) is 11.4. The molecule has 0 heterocycles. The summed E-state index contributed by atoms with van der Waals surface area (Å²) >= 11 is 3.41. The van der Waals surface area contributed by atoms with Crippen LogP contribution in [0.25, 0.3) is 0 Å². The third kappa shape index (κ3) is 6.96. The van der Waals surface area contributed by atoms with Crippen LogP contribution in [0.5, 0.6) is 11.5 Å². The van der Waals surface area contributed by atoms with Gasteiger partial charge in [-0.25, -0.2) is 0 Å². The smallest absolute Gasteiger partial charge is 0.143 e. The van der Waals surface area contributed by atoms with Crippen LogP contribution in [0.1, 0.15) is 11.1 Å². The summed E-state index contributed by atoms with van der Waals surface area (Å²) in [6.45, 7) is 3.90. The third-order valence-electron chi connectivity index (χ3n) is 5.12. The van der Waals surface area contributed by atoms with Gasteiger partial charge >= 0.3 is 0 Å². The highest BCUT2D eigenvalue weighted by molar-refractivity contribution is 8.03. The molecule has 2 N–H and O–H groups in total. The second-order valence-corrected chi connectivity index (χ2v) is 10.3. The second kappa shape index (κ2) is 12.4. The normalized spacial score (nSPS) is 11.5. The first kappa shape index (κ1) is 25.5. The largest absolute Gasteiger partial charge is 0.506 e. The van der Waals surface area contributed by atoms with Gasteiger partial charge in [-0.1, -0.05) is 36.4 Å². The number of aryl methyl sites for hydroxylation is 2. The minimum Gasteiger partial charge on any atom is -0.506 e. The fourth-order valence-corrected chi connectivity index (χ4v) is 5.24. The summed E-state index contributed by atoms with van der Waals surface area (Å²) in [5.41, 5.74) is 4.46. The van der Waals surface area contributed by atoms with Crippen LogP contribution in [0.4, 0.5) is 22.7 Å². The molecule has 0 bridgehead atoms. The molecule has 4 aromatic carbocycles. The van der Waals surface area contributed by atoms with Crippen molar-refractivity contribution in [2.75, 3.05) is 11.5 Å². The van der Waals surface area contributed by atoms with Crippen molar-refractivity contribution in [1.29, 1.82) is 0 Å². The van der Waals surface area contributed by atoms with E-state index < -0.39 is 0 Å². The van der Waals surface area contributed by atoms with Crippen LogP contribution in [0, 0.1) is 13.8 Å². The number of benzene rings is 4. The molecule has 0 unspecified atom stereocenters. The van der Waals surface area contributed by atoms with Gasteiger partial charge in [0.1, 0.15) is 22.9 Å². The van der Waals surface area contributed by atoms with Crippen molar-refractivity contribution in [3.05, 3.63) is 96.1 Å². The predicted octanol–water partition coefficient (Wildman–Crippen LogP) is 9.43. The molecular formula is C28H26N4O2S2. The number of thioether (sulfide) groups is 2. The third-order valence-corrected chi connectivity index (χ3v) is 7.51. The molecule has 0 amide bonds. The molecule has 0 spiro atoms. The average Bonchev–Trinajstić information content (AvgIpc) is 2.89. The van der Waals surface area contributed by atoms with Gasteiger partial charge in [0.2, 0.25) is 0 Å². The number of azo groups is 2. The summed E-state index contributed by atoms with van der Waals surface area (Å²) in [5, 5.41) is 37.3. The monoisotopic (exact) mass is 514 g/mol. The van der Waals surface area contributed by atoms with E-state index in [1.165, 1.54) is 0 Å². The molecule has 0 saturated heterocycles. The zero-order valence-corrected chi connectivity index (χ0v) is 21.6. The van der Waals surface area contributed by atoms with Crippen molar-refractivity contribution in [3.8, 4) is 11.5 Å². The molecular weight excluding hydrogens is 488 g/mol. The Balaban J connectivity index is 1.38. The standard InChI is InChI=1S/C28H26N4O2S2/c1-19-11-13-25(33)23(17-19)31-29-21-7-3-5-9-27(21)35-15-16-36-28-10-6-4-8-22(28)30-32-24-18-20(2)12-14-26(24)34/h3-14,17-18,33-34H,15-16H2,1-2H3. The van der Waals surface area contributed by atoms with Crippen molar-refractivity contribution in [2.45, 2.75) is 23.6 Å². The Labute approximate surface area is 219 Å². The Morgan fingerprint density at radius 3 is 1.36 bits per heavy atom. The maximum absolute atomic E-state index is 10.0. The van der Waals surface area contributed by atoms with Gasteiger partial charge in [0, 0.05) is 21.3 Å². The molecule has 0 aliphatic heterocycles. The van der Waals surface area contributed by atoms with Gasteiger partial charge in [0.05, 0.1) is 11.4 Å². The van der Waals surface area contributed by atoms with Crippen molar-refractivity contribution in [2.24, 2.45) is 20.5 Å². The molecule has 0 aliphatic carbocycles. The summed E-state index contributed by atoms with van der Waals surface area (Å²) in [6.07, 6.45) is 0. The number of aromatic hydroxyl groups is 2. The van der Waals surface area contributed by atoms with Gasteiger partial charge in [-0.2, -0.15) is 0 Å². The van der Waals surface area contributed by atoms with E-state index in [2.05, 4.69) is 20.5 Å². The van der Waals surface area contributed by atoms with Gasteiger partial charge in [-0.15, -0.1) is 44.0 Å². The van der Waals surface area contributed by atoms with Crippen LogP contribution in [0.3, 0.4) is 0 Å². The summed E-state index contributed by atoms with van der Waals surface area (Å²) in [6, 6.07) is 26.2. The number of hydrogen-bond donors (Lipinski definition) is 2. The number of hydrogen-bond acceptors (Lipinski definition) is 8. The van der Waals surface area contributed by atoms with Crippen LogP contribution >= 0.6 is 23.5 Å². The molecule has 0 atom stereocenters. The minimum absolute atomic E-state index is 0.110. The van der Waals surface area contributed by atoms with E-state index in [-0.39, 0.29) is 11.5 Å². The Kier molecular flexibility index (Phi) is 8.76. The van der Waals surface area contributed by atoms with Crippen molar-refractivity contribution in [3.63, 3.8) is 0 Å². The lowest BCUT2D eigenvalue weighted by Gasteiger charge is -2.07. The lowest BCUT2D eigenvalue weighted by molar-refractivity contribution is 0.475. The highest BCUT2D eigenvalue weighted by atomic mass is 32.2. The zero-order chi connectivity index (χ0) is 25.3. The van der Waals surface area contributed by atoms with E-state index in [0.717, 1.165) is 43.8 Å². The van der Waals surface area contributed by atoms with Crippen LogP contribution in [-0.2, 0) is 0 Å². The van der Waals surface area contributed by atoms with E-state index >= 15 is 0 Å². The summed E-state index contributed by atoms with van der Waals surface area (Å²) in [4.78, 5) is 2.05. The lowest BCUT2D eigenvalue weighted by atomic mass is 10.2. The molecule has 36 heavy (non-hydrogen) atoms. The van der Waals surface area contributed by atoms with E-state index in [9.17, 15) is 10.2 Å². The Bertz CT molecular complexity index is 1300. The molecule has 4 aromatic rings. The van der Waals surface area contributed by atoms with Crippen LogP contribution in [0.2, 0.25) is 0 Å². The molecule has 8 heteroatoms. The first-order chi connectivity index (χ1) is 17.5. The predicted molar refractivity (Wildman–Crippen MR) is 148 cm³/mol. The highest BCUT2D eigenvalue weighted by Crippen LogP contribution is 2.36. The zero-order valence-electron chi connectivity index (χ0n) is 20.0. The van der Waals surface area contributed by atoms with Gasteiger partial charge in [0.15, 0.2) is 0 Å². The van der Waals surface area contributed by atoms with Crippen LogP contribution in [0.15, 0.2) is 115 Å². The van der Waals surface area contributed by atoms with E-state index in [1.54, 1.807) is 47.8 Å². The molecule has 0 saturated carbocycles. The number of rotatable bonds is 9. The average molecular weight is 515 g/mol. The maximum atomic E-state index is 10.0. The van der Waals surface area contributed by atoms with Gasteiger partial charge < -0.3 is 10.2 Å². The van der Waals surface area contributed by atoms with Gasteiger partial charge in [0.25, 0.3) is 0 Å². The molecule has 6 nitrogen and oxygen atoms in total. The number of phenols is 2. The number of nitrogens with zero attached hydrogens (tertiary/aromatic N) is 4. The fourth-order valence-electron chi connectivity index (χ4n) is 3.27. The molecule has 4 rings (SSSR count). The SMILES string of the molecule is Cc1ccc(O)c(N=Nc2ccccc2SCCSc2ccccc2N=Nc2cc(C)ccc2O)c1.